The van der Waals surface area contributed by atoms with Crippen molar-refractivity contribution in [2.75, 3.05) is 20.8 Å². The van der Waals surface area contributed by atoms with Crippen LogP contribution in [0, 0.1) is 0 Å². The van der Waals surface area contributed by atoms with Crippen LogP contribution in [-0.2, 0) is 6.54 Å². The third-order valence-corrected chi connectivity index (χ3v) is 5.12. The number of oxazole rings is 1. The molecular weight excluding hydrogens is 340 g/mol. The maximum atomic E-state index is 5.71. The number of hydrogen-bond donors (Lipinski definition) is 0. The second-order valence-electron chi connectivity index (χ2n) is 6.77. The second-order valence-corrected chi connectivity index (χ2v) is 6.77. The zero-order valence-corrected chi connectivity index (χ0v) is 15.7. The van der Waals surface area contributed by atoms with Crippen LogP contribution in [0.3, 0.4) is 0 Å². The first-order chi connectivity index (χ1) is 13.3. The summed E-state index contributed by atoms with van der Waals surface area (Å²) in [5.41, 5.74) is 3.24. The first-order valence-electron chi connectivity index (χ1n) is 9.23. The lowest BCUT2D eigenvalue weighted by atomic mass is 10.0. The summed E-state index contributed by atoms with van der Waals surface area (Å²) in [5.74, 6) is 2.36. The van der Waals surface area contributed by atoms with Gasteiger partial charge in [-0.15, -0.1) is 0 Å². The summed E-state index contributed by atoms with van der Waals surface area (Å²) in [4.78, 5) is 7.16. The maximum Gasteiger partial charge on any atom is 0.226 e. The number of benzene rings is 2. The predicted molar refractivity (Wildman–Crippen MR) is 104 cm³/mol. The molecule has 1 saturated heterocycles. The number of hydrogen-bond acceptors (Lipinski definition) is 5. The van der Waals surface area contributed by atoms with Crippen molar-refractivity contribution in [1.82, 2.24) is 9.88 Å². The summed E-state index contributed by atoms with van der Waals surface area (Å²) in [6, 6.07) is 16.6. The van der Waals surface area contributed by atoms with E-state index >= 15 is 0 Å². The van der Waals surface area contributed by atoms with Gasteiger partial charge in [0.1, 0.15) is 17.8 Å². The lowest BCUT2D eigenvalue weighted by Crippen LogP contribution is -2.22. The van der Waals surface area contributed by atoms with Gasteiger partial charge in [-0.25, -0.2) is 4.98 Å². The highest BCUT2D eigenvalue weighted by Gasteiger charge is 2.26. The fourth-order valence-corrected chi connectivity index (χ4v) is 3.67. The third kappa shape index (κ3) is 3.83. The molecule has 0 unspecified atom stereocenters. The highest BCUT2D eigenvalue weighted by Crippen LogP contribution is 2.34. The molecule has 5 heteroatoms. The average Bonchev–Trinajstić information content (AvgIpc) is 3.38. The van der Waals surface area contributed by atoms with Gasteiger partial charge >= 0.3 is 0 Å². The van der Waals surface area contributed by atoms with E-state index in [-0.39, 0.29) is 0 Å². The van der Waals surface area contributed by atoms with Crippen LogP contribution in [0.1, 0.15) is 30.1 Å². The molecule has 1 atom stereocenters. The van der Waals surface area contributed by atoms with E-state index in [4.69, 9.17) is 13.9 Å². The molecule has 5 nitrogen and oxygen atoms in total. The molecule has 0 saturated carbocycles. The van der Waals surface area contributed by atoms with Crippen molar-refractivity contribution in [1.29, 1.82) is 0 Å². The van der Waals surface area contributed by atoms with Gasteiger partial charge in [-0.2, -0.15) is 0 Å². The van der Waals surface area contributed by atoms with E-state index in [1.54, 1.807) is 20.5 Å². The van der Waals surface area contributed by atoms with Gasteiger partial charge < -0.3 is 13.9 Å². The van der Waals surface area contributed by atoms with Gasteiger partial charge in [-0.05, 0) is 61.3 Å². The fraction of sp³-hybridized carbons (Fsp3) is 0.318. The van der Waals surface area contributed by atoms with E-state index in [1.807, 2.05) is 36.4 Å². The van der Waals surface area contributed by atoms with E-state index < -0.39 is 0 Å². The van der Waals surface area contributed by atoms with Gasteiger partial charge in [0.05, 0.1) is 19.9 Å². The highest BCUT2D eigenvalue weighted by atomic mass is 16.5. The Balaban J connectivity index is 1.47. The largest absolute Gasteiger partial charge is 0.497 e. The van der Waals surface area contributed by atoms with Crippen LogP contribution >= 0.6 is 0 Å². The van der Waals surface area contributed by atoms with Crippen LogP contribution in [0.15, 0.2) is 59.2 Å². The SMILES string of the molecule is COc1ccc(-c2nc(CN3CCC[C@@H]3c3ccc(OC)cc3)co2)cc1. The summed E-state index contributed by atoms with van der Waals surface area (Å²) in [6.45, 7) is 1.86. The Hall–Kier alpha value is -2.79. The second kappa shape index (κ2) is 7.84. The number of ether oxygens (including phenoxy) is 2. The lowest BCUT2D eigenvalue weighted by molar-refractivity contribution is 0.245. The Labute approximate surface area is 159 Å². The van der Waals surface area contributed by atoms with Crippen molar-refractivity contribution in [3.63, 3.8) is 0 Å². The zero-order chi connectivity index (χ0) is 18.6. The van der Waals surface area contributed by atoms with Gasteiger partial charge in [0.25, 0.3) is 0 Å². The van der Waals surface area contributed by atoms with Crippen LogP contribution in [0.25, 0.3) is 11.5 Å². The molecule has 0 spiro atoms. The van der Waals surface area contributed by atoms with E-state index in [0.717, 1.165) is 42.3 Å². The first-order valence-corrected chi connectivity index (χ1v) is 9.23. The van der Waals surface area contributed by atoms with Crippen molar-refractivity contribution in [3.05, 3.63) is 66.1 Å². The maximum absolute atomic E-state index is 5.71. The van der Waals surface area contributed by atoms with Crippen LogP contribution in [0.4, 0.5) is 0 Å². The fourth-order valence-electron chi connectivity index (χ4n) is 3.67. The Bertz CT molecular complexity index is 871. The molecule has 140 valence electrons. The molecule has 2 heterocycles. The average molecular weight is 364 g/mol. The normalized spacial score (nSPS) is 17.2. The minimum absolute atomic E-state index is 0.414. The molecule has 1 aliphatic heterocycles. The summed E-state index contributed by atoms with van der Waals surface area (Å²) in [7, 11) is 3.36. The van der Waals surface area contributed by atoms with Gasteiger partial charge in [0, 0.05) is 18.2 Å². The number of methoxy groups -OCH3 is 2. The molecule has 0 bridgehead atoms. The molecule has 0 aliphatic carbocycles. The molecule has 0 N–H and O–H groups in total. The van der Waals surface area contributed by atoms with E-state index in [2.05, 4.69) is 22.0 Å². The van der Waals surface area contributed by atoms with Crippen LogP contribution in [0.5, 0.6) is 11.5 Å². The standard InChI is InChI=1S/C22H24N2O3/c1-25-19-9-5-16(6-10-19)21-4-3-13-24(21)14-18-15-27-22(23-18)17-7-11-20(26-2)12-8-17/h5-12,15,21H,3-4,13-14H2,1-2H3/t21-/m1/s1. The zero-order valence-electron chi connectivity index (χ0n) is 15.7. The lowest BCUT2D eigenvalue weighted by Gasteiger charge is -2.23. The Morgan fingerprint density at radius 1 is 1.00 bits per heavy atom. The number of rotatable bonds is 6. The number of aromatic nitrogens is 1. The molecule has 2 aromatic carbocycles. The molecule has 1 aliphatic rings. The minimum Gasteiger partial charge on any atom is -0.497 e. The number of nitrogens with zero attached hydrogens (tertiary/aromatic N) is 2. The van der Waals surface area contributed by atoms with Crippen molar-refractivity contribution in [2.45, 2.75) is 25.4 Å². The van der Waals surface area contributed by atoms with Gasteiger partial charge in [0.2, 0.25) is 5.89 Å². The first kappa shape index (κ1) is 17.6. The van der Waals surface area contributed by atoms with Crippen molar-refractivity contribution >= 4 is 0 Å². The molecule has 4 rings (SSSR count). The molecule has 0 amide bonds. The van der Waals surface area contributed by atoms with Crippen LogP contribution < -0.4 is 9.47 Å². The summed E-state index contributed by atoms with van der Waals surface area (Å²) >= 11 is 0. The van der Waals surface area contributed by atoms with Gasteiger partial charge in [-0.1, -0.05) is 12.1 Å². The Kier molecular flexibility index (Phi) is 5.12. The topological polar surface area (TPSA) is 47.7 Å². The van der Waals surface area contributed by atoms with E-state index in [1.165, 1.54) is 12.0 Å². The predicted octanol–water partition coefficient (Wildman–Crippen LogP) is 4.70. The molecule has 1 fully saturated rings. The highest BCUT2D eigenvalue weighted by molar-refractivity contribution is 5.54. The molecular formula is C22H24N2O3. The van der Waals surface area contributed by atoms with Crippen LogP contribution in [0.2, 0.25) is 0 Å². The molecule has 0 radical (unpaired) electrons. The Morgan fingerprint density at radius 3 is 2.33 bits per heavy atom. The van der Waals surface area contributed by atoms with Gasteiger partial charge in [0.15, 0.2) is 0 Å². The summed E-state index contributed by atoms with van der Waals surface area (Å²) in [5, 5.41) is 0. The Morgan fingerprint density at radius 2 is 1.67 bits per heavy atom. The molecule has 1 aromatic heterocycles. The minimum atomic E-state index is 0.414. The van der Waals surface area contributed by atoms with E-state index in [0.29, 0.717) is 11.9 Å². The molecule has 3 aromatic rings. The summed E-state index contributed by atoms with van der Waals surface area (Å²) < 4.78 is 16.2. The van der Waals surface area contributed by atoms with Crippen molar-refractivity contribution < 1.29 is 13.9 Å². The number of likely N-dealkylation sites (tertiary alicyclic amines) is 1. The quantitative estimate of drug-likeness (QED) is 0.635. The van der Waals surface area contributed by atoms with Crippen molar-refractivity contribution in [3.8, 4) is 23.0 Å². The molecule has 27 heavy (non-hydrogen) atoms. The smallest absolute Gasteiger partial charge is 0.226 e. The van der Waals surface area contributed by atoms with Gasteiger partial charge in [-0.3, -0.25) is 4.90 Å². The third-order valence-electron chi connectivity index (χ3n) is 5.12. The van der Waals surface area contributed by atoms with Crippen molar-refractivity contribution in [2.24, 2.45) is 0 Å². The summed E-state index contributed by atoms with van der Waals surface area (Å²) in [6.07, 6.45) is 4.12. The van der Waals surface area contributed by atoms with Crippen LogP contribution in [-0.4, -0.2) is 30.6 Å². The monoisotopic (exact) mass is 364 g/mol. The van der Waals surface area contributed by atoms with E-state index in [9.17, 15) is 0 Å².